The van der Waals surface area contributed by atoms with E-state index in [1.165, 1.54) is 10.9 Å². The summed E-state index contributed by atoms with van der Waals surface area (Å²) in [6.45, 7) is 2.23. The molecule has 2 aromatic heterocycles. The summed E-state index contributed by atoms with van der Waals surface area (Å²) in [7, 11) is 0. The van der Waals surface area contributed by atoms with Crippen LogP contribution in [0.5, 0.6) is 5.75 Å². The van der Waals surface area contributed by atoms with Gasteiger partial charge in [-0.3, -0.25) is 4.79 Å². The lowest BCUT2D eigenvalue weighted by Crippen LogP contribution is -2.37. The molecule has 6 nitrogen and oxygen atoms in total. The number of benzene rings is 2. The predicted molar refractivity (Wildman–Crippen MR) is 120 cm³/mol. The number of aryl methyl sites for hydroxylation is 1. The molecule has 158 valence electrons. The molecule has 0 fully saturated rings. The molecule has 1 aliphatic carbocycles. The highest BCUT2D eigenvalue weighted by atomic mass is 16.5. The highest BCUT2D eigenvalue weighted by molar-refractivity contribution is 5.85. The van der Waals surface area contributed by atoms with Gasteiger partial charge in [-0.15, -0.1) is 0 Å². The standard InChI is InChI=1S/C25H24N2O4/c1-15(24(28)26-12-11-16-14-27-22-8-3-2-5-18(16)22)30-17-9-10-20-19-6-4-7-21(19)25(29)31-23(20)13-17/h2-3,5,8-10,13-15,27H,4,6-7,11-12H2,1H3,(H,26,28)/t15-/m1/s1. The normalized spacial score (nSPS) is 14.0. The van der Waals surface area contributed by atoms with Crippen molar-refractivity contribution >= 4 is 27.8 Å². The molecule has 0 aliphatic heterocycles. The van der Waals surface area contributed by atoms with Crippen molar-refractivity contribution < 1.29 is 13.9 Å². The third-order valence-corrected chi connectivity index (χ3v) is 6.00. The lowest BCUT2D eigenvalue weighted by Gasteiger charge is -2.15. The highest BCUT2D eigenvalue weighted by Crippen LogP contribution is 2.30. The maximum Gasteiger partial charge on any atom is 0.339 e. The Morgan fingerprint density at radius 3 is 2.90 bits per heavy atom. The average Bonchev–Trinajstić information content (AvgIpc) is 3.42. The molecule has 0 radical (unpaired) electrons. The topological polar surface area (TPSA) is 84.3 Å². The number of para-hydroxylation sites is 1. The predicted octanol–water partition coefficient (Wildman–Crippen LogP) is 3.89. The van der Waals surface area contributed by atoms with Gasteiger partial charge in [0.25, 0.3) is 5.91 Å². The Kier molecular flexibility index (Phi) is 4.98. The number of hydrogen-bond donors (Lipinski definition) is 2. The van der Waals surface area contributed by atoms with Crippen molar-refractivity contribution in [1.82, 2.24) is 10.3 Å². The lowest BCUT2D eigenvalue weighted by atomic mass is 10.1. The largest absolute Gasteiger partial charge is 0.481 e. The van der Waals surface area contributed by atoms with E-state index in [1.807, 2.05) is 36.5 Å². The molecular weight excluding hydrogens is 392 g/mol. The summed E-state index contributed by atoms with van der Waals surface area (Å²) >= 11 is 0. The molecule has 2 aromatic carbocycles. The molecule has 31 heavy (non-hydrogen) atoms. The Balaban J connectivity index is 1.23. The number of ether oxygens (including phenoxy) is 1. The van der Waals surface area contributed by atoms with Gasteiger partial charge in [0.2, 0.25) is 0 Å². The van der Waals surface area contributed by atoms with Crippen LogP contribution in [-0.2, 0) is 24.1 Å². The third kappa shape index (κ3) is 3.69. The van der Waals surface area contributed by atoms with Crippen LogP contribution in [-0.4, -0.2) is 23.5 Å². The molecule has 0 bridgehead atoms. The molecule has 1 amide bonds. The smallest absolute Gasteiger partial charge is 0.339 e. The third-order valence-electron chi connectivity index (χ3n) is 6.00. The summed E-state index contributed by atoms with van der Waals surface area (Å²) in [6.07, 6.45) is 4.70. The zero-order valence-electron chi connectivity index (χ0n) is 17.4. The van der Waals surface area contributed by atoms with Gasteiger partial charge in [-0.2, -0.15) is 0 Å². The van der Waals surface area contributed by atoms with Crippen LogP contribution in [0.4, 0.5) is 0 Å². The molecule has 0 spiro atoms. The monoisotopic (exact) mass is 416 g/mol. The van der Waals surface area contributed by atoms with Gasteiger partial charge in [-0.25, -0.2) is 4.79 Å². The van der Waals surface area contributed by atoms with Crippen molar-refractivity contribution in [3.8, 4) is 5.75 Å². The van der Waals surface area contributed by atoms with Crippen LogP contribution in [0.15, 0.2) is 57.9 Å². The summed E-state index contributed by atoms with van der Waals surface area (Å²) < 4.78 is 11.3. The van der Waals surface area contributed by atoms with E-state index in [9.17, 15) is 9.59 Å². The van der Waals surface area contributed by atoms with Gasteiger partial charge in [-0.1, -0.05) is 18.2 Å². The Morgan fingerprint density at radius 1 is 1.16 bits per heavy atom. The molecule has 1 atom stereocenters. The number of nitrogens with one attached hydrogen (secondary N) is 2. The number of amides is 1. The van der Waals surface area contributed by atoms with Crippen molar-refractivity contribution in [3.05, 3.63) is 75.8 Å². The summed E-state index contributed by atoms with van der Waals surface area (Å²) in [6, 6.07) is 13.6. The molecule has 0 saturated carbocycles. The molecule has 0 unspecified atom stereocenters. The minimum atomic E-state index is -0.665. The summed E-state index contributed by atoms with van der Waals surface area (Å²) in [5.41, 5.74) is 4.39. The number of H-pyrrole nitrogens is 1. The quantitative estimate of drug-likeness (QED) is 0.467. The molecule has 2 heterocycles. The van der Waals surface area contributed by atoms with Crippen LogP contribution < -0.4 is 15.7 Å². The Morgan fingerprint density at radius 2 is 2.00 bits per heavy atom. The van der Waals surface area contributed by atoms with Crippen LogP contribution in [0.3, 0.4) is 0 Å². The second-order valence-corrected chi connectivity index (χ2v) is 8.02. The molecular formula is C25H24N2O4. The van der Waals surface area contributed by atoms with Gasteiger partial charge < -0.3 is 19.5 Å². The maximum absolute atomic E-state index is 12.5. The van der Waals surface area contributed by atoms with Crippen molar-refractivity contribution in [2.45, 2.75) is 38.7 Å². The first-order valence-electron chi connectivity index (χ1n) is 10.7. The Hall–Kier alpha value is -3.54. The van der Waals surface area contributed by atoms with Crippen molar-refractivity contribution in [2.75, 3.05) is 6.54 Å². The van der Waals surface area contributed by atoms with E-state index < -0.39 is 6.10 Å². The Bertz CT molecular complexity index is 1330. The number of rotatable bonds is 6. The number of aromatic amines is 1. The van der Waals surface area contributed by atoms with Crippen LogP contribution in [0.25, 0.3) is 21.9 Å². The zero-order valence-corrected chi connectivity index (χ0v) is 17.4. The van der Waals surface area contributed by atoms with Crippen LogP contribution >= 0.6 is 0 Å². The summed E-state index contributed by atoms with van der Waals surface area (Å²) in [5.74, 6) is 0.322. The van der Waals surface area contributed by atoms with E-state index in [-0.39, 0.29) is 11.5 Å². The van der Waals surface area contributed by atoms with Crippen LogP contribution in [0.2, 0.25) is 0 Å². The van der Waals surface area contributed by atoms with Gasteiger partial charge in [0.15, 0.2) is 6.10 Å². The highest BCUT2D eigenvalue weighted by Gasteiger charge is 2.20. The zero-order chi connectivity index (χ0) is 21.4. The molecule has 4 aromatic rings. The molecule has 6 heteroatoms. The van der Waals surface area contributed by atoms with E-state index in [0.29, 0.717) is 17.9 Å². The van der Waals surface area contributed by atoms with E-state index in [1.54, 1.807) is 13.0 Å². The fraction of sp³-hybridized carbons (Fsp3) is 0.280. The first-order chi connectivity index (χ1) is 15.1. The van der Waals surface area contributed by atoms with Gasteiger partial charge in [0.05, 0.1) is 0 Å². The van der Waals surface area contributed by atoms with Crippen molar-refractivity contribution in [2.24, 2.45) is 0 Å². The lowest BCUT2D eigenvalue weighted by molar-refractivity contribution is -0.127. The summed E-state index contributed by atoms with van der Waals surface area (Å²) in [5, 5.41) is 5.06. The van der Waals surface area contributed by atoms with Gasteiger partial charge >= 0.3 is 5.63 Å². The minimum absolute atomic E-state index is 0.185. The van der Waals surface area contributed by atoms with Gasteiger partial charge in [0, 0.05) is 40.7 Å². The molecule has 0 saturated heterocycles. The van der Waals surface area contributed by atoms with Gasteiger partial charge in [-0.05, 0) is 61.9 Å². The van der Waals surface area contributed by atoms with E-state index in [0.717, 1.165) is 47.7 Å². The Labute approximate surface area is 179 Å². The number of hydrogen-bond acceptors (Lipinski definition) is 4. The number of carbonyl (C=O) groups excluding carboxylic acids is 1. The fourth-order valence-electron chi connectivity index (χ4n) is 4.40. The molecule has 2 N–H and O–H groups in total. The van der Waals surface area contributed by atoms with E-state index >= 15 is 0 Å². The number of carbonyl (C=O) groups is 1. The molecule has 5 rings (SSSR count). The van der Waals surface area contributed by atoms with Gasteiger partial charge in [0.1, 0.15) is 11.3 Å². The minimum Gasteiger partial charge on any atom is -0.481 e. The van der Waals surface area contributed by atoms with Crippen molar-refractivity contribution in [3.63, 3.8) is 0 Å². The average molecular weight is 416 g/mol. The number of fused-ring (bicyclic) bond motifs is 4. The van der Waals surface area contributed by atoms with Crippen LogP contribution in [0, 0.1) is 0 Å². The maximum atomic E-state index is 12.5. The van der Waals surface area contributed by atoms with Crippen molar-refractivity contribution in [1.29, 1.82) is 0 Å². The number of aromatic nitrogens is 1. The molecule has 1 aliphatic rings. The van der Waals surface area contributed by atoms with Crippen LogP contribution in [0.1, 0.15) is 30.0 Å². The summed E-state index contributed by atoms with van der Waals surface area (Å²) in [4.78, 5) is 27.9. The second kappa shape index (κ2) is 7.95. The van der Waals surface area contributed by atoms with E-state index in [2.05, 4.69) is 16.4 Å². The first kappa shape index (κ1) is 19.4. The van der Waals surface area contributed by atoms with E-state index in [4.69, 9.17) is 9.15 Å². The second-order valence-electron chi connectivity index (χ2n) is 8.02. The fourth-order valence-corrected chi connectivity index (χ4v) is 4.40. The first-order valence-corrected chi connectivity index (χ1v) is 10.7. The SMILES string of the molecule is C[C@@H](Oc1ccc2c3c(c(=O)oc2c1)CCC3)C(=O)NCCc1c[nH]c2ccccc12.